The van der Waals surface area contributed by atoms with Crippen molar-refractivity contribution in [3.05, 3.63) is 17.7 Å². The number of nitrogens with two attached hydrogens (primary N) is 1. The first-order chi connectivity index (χ1) is 5.33. The van der Waals surface area contributed by atoms with E-state index < -0.39 is 0 Å². The van der Waals surface area contributed by atoms with Crippen LogP contribution in [0.2, 0.25) is 0 Å². The summed E-state index contributed by atoms with van der Waals surface area (Å²) in [7, 11) is 2.04. The molecule has 3 nitrogen and oxygen atoms in total. The molecule has 0 bridgehead atoms. The SMILES string of the molecule is Cn1c(C2CC2)cnc1CN. The highest BCUT2D eigenvalue weighted by Gasteiger charge is 2.26. The van der Waals surface area contributed by atoms with E-state index in [1.54, 1.807) is 0 Å². The maximum atomic E-state index is 5.50. The fourth-order valence-corrected chi connectivity index (χ4v) is 1.41. The second-order valence-corrected chi connectivity index (χ2v) is 3.14. The molecule has 0 aromatic carbocycles. The normalized spacial score (nSPS) is 17.3. The Hall–Kier alpha value is -0.830. The molecular weight excluding hydrogens is 138 g/mol. The molecule has 60 valence electrons. The Morgan fingerprint density at radius 3 is 2.91 bits per heavy atom. The van der Waals surface area contributed by atoms with Crippen molar-refractivity contribution in [1.29, 1.82) is 0 Å². The van der Waals surface area contributed by atoms with Crippen molar-refractivity contribution in [2.75, 3.05) is 0 Å². The predicted octanol–water partition coefficient (Wildman–Crippen LogP) is 0.756. The minimum Gasteiger partial charge on any atom is -0.334 e. The lowest BCUT2D eigenvalue weighted by molar-refractivity contribution is 0.751. The summed E-state index contributed by atoms with van der Waals surface area (Å²) in [6.07, 6.45) is 4.60. The first-order valence-electron chi connectivity index (χ1n) is 4.03. The molecule has 0 spiro atoms. The van der Waals surface area contributed by atoms with E-state index in [1.807, 2.05) is 13.2 Å². The van der Waals surface area contributed by atoms with Gasteiger partial charge in [0.05, 0.1) is 6.54 Å². The van der Waals surface area contributed by atoms with Crippen molar-refractivity contribution in [2.24, 2.45) is 12.8 Å². The highest BCUT2D eigenvalue weighted by Crippen LogP contribution is 2.39. The van der Waals surface area contributed by atoms with E-state index in [-0.39, 0.29) is 0 Å². The summed E-state index contributed by atoms with van der Waals surface area (Å²) in [4.78, 5) is 4.23. The van der Waals surface area contributed by atoms with Crippen LogP contribution in [0.4, 0.5) is 0 Å². The summed E-state index contributed by atoms with van der Waals surface area (Å²) >= 11 is 0. The summed E-state index contributed by atoms with van der Waals surface area (Å²) in [5.41, 5.74) is 6.85. The number of imidazole rings is 1. The monoisotopic (exact) mass is 151 g/mol. The van der Waals surface area contributed by atoms with Gasteiger partial charge in [-0.25, -0.2) is 4.98 Å². The average molecular weight is 151 g/mol. The zero-order valence-corrected chi connectivity index (χ0v) is 6.75. The third-order valence-electron chi connectivity index (χ3n) is 2.30. The van der Waals surface area contributed by atoms with Crippen LogP contribution in [0.25, 0.3) is 0 Å². The van der Waals surface area contributed by atoms with Crippen molar-refractivity contribution >= 4 is 0 Å². The number of rotatable bonds is 2. The third-order valence-corrected chi connectivity index (χ3v) is 2.30. The van der Waals surface area contributed by atoms with Gasteiger partial charge in [0.15, 0.2) is 0 Å². The molecule has 1 aromatic rings. The highest BCUT2D eigenvalue weighted by atomic mass is 15.1. The minimum absolute atomic E-state index is 0.545. The summed E-state index contributed by atoms with van der Waals surface area (Å²) < 4.78 is 2.12. The largest absolute Gasteiger partial charge is 0.334 e. The molecule has 0 amide bonds. The van der Waals surface area contributed by atoms with Crippen LogP contribution in [0.15, 0.2) is 6.20 Å². The van der Waals surface area contributed by atoms with E-state index in [0.29, 0.717) is 6.54 Å². The number of aromatic nitrogens is 2. The zero-order valence-electron chi connectivity index (χ0n) is 6.75. The lowest BCUT2D eigenvalue weighted by Crippen LogP contribution is -2.06. The zero-order chi connectivity index (χ0) is 7.84. The van der Waals surface area contributed by atoms with Gasteiger partial charge in [-0.3, -0.25) is 0 Å². The molecule has 1 heterocycles. The molecule has 0 aliphatic heterocycles. The van der Waals surface area contributed by atoms with Crippen molar-refractivity contribution in [3.63, 3.8) is 0 Å². The molecule has 0 atom stereocenters. The van der Waals surface area contributed by atoms with Gasteiger partial charge in [0.2, 0.25) is 0 Å². The Kier molecular flexibility index (Phi) is 1.46. The van der Waals surface area contributed by atoms with Gasteiger partial charge in [0, 0.05) is 24.9 Å². The van der Waals surface area contributed by atoms with Crippen LogP contribution in [0, 0.1) is 0 Å². The van der Waals surface area contributed by atoms with Gasteiger partial charge in [-0.05, 0) is 12.8 Å². The van der Waals surface area contributed by atoms with Crippen LogP contribution in [-0.4, -0.2) is 9.55 Å². The fourth-order valence-electron chi connectivity index (χ4n) is 1.41. The summed E-state index contributed by atoms with van der Waals surface area (Å²) in [5.74, 6) is 1.76. The van der Waals surface area contributed by atoms with Crippen LogP contribution in [0.5, 0.6) is 0 Å². The van der Waals surface area contributed by atoms with Gasteiger partial charge in [-0.2, -0.15) is 0 Å². The molecule has 2 rings (SSSR count). The molecular formula is C8H13N3. The molecule has 1 fully saturated rings. The molecule has 2 N–H and O–H groups in total. The van der Waals surface area contributed by atoms with E-state index in [2.05, 4.69) is 9.55 Å². The standard InChI is InChI=1S/C8H13N3/c1-11-7(6-2-3-6)5-10-8(11)4-9/h5-6H,2-4,9H2,1H3. The smallest absolute Gasteiger partial charge is 0.122 e. The Morgan fingerprint density at radius 1 is 1.73 bits per heavy atom. The van der Waals surface area contributed by atoms with Gasteiger partial charge in [0.25, 0.3) is 0 Å². The van der Waals surface area contributed by atoms with Gasteiger partial charge in [0.1, 0.15) is 5.82 Å². The van der Waals surface area contributed by atoms with Gasteiger partial charge >= 0.3 is 0 Å². The molecule has 0 saturated heterocycles. The lowest BCUT2D eigenvalue weighted by atomic mass is 10.3. The highest BCUT2D eigenvalue weighted by molar-refractivity contribution is 5.15. The van der Waals surface area contributed by atoms with E-state index >= 15 is 0 Å². The number of nitrogens with zero attached hydrogens (tertiary/aromatic N) is 2. The maximum Gasteiger partial charge on any atom is 0.122 e. The van der Waals surface area contributed by atoms with Gasteiger partial charge < -0.3 is 10.3 Å². The average Bonchev–Trinajstić information content (AvgIpc) is 2.77. The molecule has 0 unspecified atom stereocenters. The molecule has 1 aliphatic carbocycles. The lowest BCUT2D eigenvalue weighted by Gasteiger charge is -2.01. The van der Waals surface area contributed by atoms with Crippen LogP contribution in [0.1, 0.15) is 30.3 Å². The van der Waals surface area contributed by atoms with Crippen LogP contribution in [0.3, 0.4) is 0 Å². The Balaban J connectivity index is 2.33. The Morgan fingerprint density at radius 2 is 2.45 bits per heavy atom. The second-order valence-electron chi connectivity index (χ2n) is 3.14. The summed E-state index contributed by atoms with van der Waals surface area (Å²) in [5, 5.41) is 0. The molecule has 0 radical (unpaired) electrons. The maximum absolute atomic E-state index is 5.50. The first kappa shape index (κ1) is 6.85. The Labute approximate surface area is 66.2 Å². The topological polar surface area (TPSA) is 43.8 Å². The van der Waals surface area contributed by atoms with Gasteiger partial charge in [-0.1, -0.05) is 0 Å². The Bertz CT molecular complexity index is 260. The molecule has 11 heavy (non-hydrogen) atoms. The van der Waals surface area contributed by atoms with Crippen LogP contribution >= 0.6 is 0 Å². The van der Waals surface area contributed by atoms with Crippen molar-refractivity contribution in [1.82, 2.24) is 9.55 Å². The van der Waals surface area contributed by atoms with E-state index in [9.17, 15) is 0 Å². The predicted molar refractivity (Wildman–Crippen MR) is 43.1 cm³/mol. The van der Waals surface area contributed by atoms with E-state index in [0.717, 1.165) is 11.7 Å². The molecule has 1 aliphatic rings. The van der Waals surface area contributed by atoms with E-state index in [1.165, 1.54) is 18.5 Å². The quantitative estimate of drug-likeness (QED) is 0.678. The van der Waals surface area contributed by atoms with E-state index in [4.69, 9.17) is 5.73 Å². The van der Waals surface area contributed by atoms with Crippen molar-refractivity contribution in [2.45, 2.75) is 25.3 Å². The fraction of sp³-hybridized carbons (Fsp3) is 0.625. The number of hydrogen-bond acceptors (Lipinski definition) is 2. The van der Waals surface area contributed by atoms with Crippen molar-refractivity contribution < 1.29 is 0 Å². The van der Waals surface area contributed by atoms with Crippen LogP contribution in [-0.2, 0) is 13.6 Å². The van der Waals surface area contributed by atoms with Crippen molar-refractivity contribution in [3.8, 4) is 0 Å². The molecule has 1 aromatic heterocycles. The molecule has 1 saturated carbocycles. The summed E-state index contributed by atoms with van der Waals surface area (Å²) in [6.45, 7) is 0.545. The number of hydrogen-bond donors (Lipinski definition) is 1. The summed E-state index contributed by atoms with van der Waals surface area (Å²) in [6, 6.07) is 0. The minimum atomic E-state index is 0.545. The second kappa shape index (κ2) is 2.34. The first-order valence-corrected chi connectivity index (χ1v) is 4.03. The molecule has 3 heteroatoms. The third kappa shape index (κ3) is 1.05. The van der Waals surface area contributed by atoms with Gasteiger partial charge in [-0.15, -0.1) is 0 Å². The van der Waals surface area contributed by atoms with Crippen LogP contribution < -0.4 is 5.73 Å².